The van der Waals surface area contributed by atoms with Crippen LogP contribution in [0.15, 0.2) is 22.8 Å². The molecule has 0 aliphatic rings. The molecular weight excluding hydrogens is 263 g/mol. The zero-order valence-electron chi connectivity index (χ0n) is 8.57. The predicted octanol–water partition coefficient (Wildman–Crippen LogP) is 2.86. The van der Waals surface area contributed by atoms with Gasteiger partial charge in [-0.1, -0.05) is 0 Å². The van der Waals surface area contributed by atoms with Crippen LogP contribution in [-0.4, -0.2) is 31.6 Å². The van der Waals surface area contributed by atoms with E-state index in [9.17, 15) is 4.57 Å². The summed E-state index contributed by atoms with van der Waals surface area (Å²) < 4.78 is 12.5. The Bertz CT molecular complexity index is 346. The molecular formula is C9H14BrN2OP. The van der Waals surface area contributed by atoms with Crippen LogP contribution in [0.5, 0.6) is 0 Å². The number of hydrogen-bond donors (Lipinski definition) is 0. The molecule has 3 nitrogen and oxygen atoms in total. The van der Waals surface area contributed by atoms with E-state index in [2.05, 4.69) is 20.9 Å². The molecule has 1 rings (SSSR count). The van der Waals surface area contributed by atoms with Crippen molar-refractivity contribution in [3.63, 3.8) is 0 Å². The third-order valence-corrected chi connectivity index (χ3v) is 3.23. The maximum atomic E-state index is 11.6. The maximum Gasteiger partial charge on any atom is 0.128 e. The fourth-order valence-corrected chi connectivity index (χ4v) is 2.58. The summed E-state index contributed by atoms with van der Waals surface area (Å²) >= 11 is 3.32. The third kappa shape index (κ3) is 3.81. The van der Waals surface area contributed by atoms with Gasteiger partial charge < -0.3 is 9.46 Å². The maximum absolute atomic E-state index is 11.6. The SMILES string of the molecule is CN(CP(C)(C)=O)c1ccc(Br)cn1. The summed E-state index contributed by atoms with van der Waals surface area (Å²) in [7, 11) is -0.126. The van der Waals surface area contributed by atoms with Crippen LogP contribution < -0.4 is 4.90 Å². The van der Waals surface area contributed by atoms with Crippen molar-refractivity contribution in [2.24, 2.45) is 0 Å². The van der Waals surface area contributed by atoms with Crippen molar-refractivity contribution in [3.8, 4) is 0 Å². The Balaban J connectivity index is 2.75. The van der Waals surface area contributed by atoms with E-state index in [1.807, 2.05) is 24.1 Å². The predicted molar refractivity (Wildman–Crippen MR) is 64.7 cm³/mol. The van der Waals surface area contributed by atoms with Crippen LogP contribution in [-0.2, 0) is 4.57 Å². The van der Waals surface area contributed by atoms with Gasteiger partial charge >= 0.3 is 0 Å². The van der Waals surface area contributed by atoms with E-state index < -0.39 is 7.14 Å². The summed E-state index contributed by atoms with van der Waals surface area (Å²) in [6.45, 7) is 3.56. The van der Waals surface area contributed by atoms with Crippen LogP contribution in [0.25, 0.3) is 0 Å². The van der Waals surface area contributed by atoms with E-state index in [4.69, 9.17) is 0 Å². The van der Waals surface area contributed by atoms with Crippen LogP contribution in [0.3, 0.4) is 0 Å². The highest BCUT2D eigenvalue weighted by Crippen LogP contribution is 2.37. The number of rotatable bonds is 3. The molecule has 0 unspecified atom stereocenters. The average Bonchev–Trinajstić information content (AvgIpc) is 2.02. The van der Waals surface area contributed by atoms with E-state index in [0.29, 0.717) is 6.29 Å². The Hall–Kier alpha value is -0.340. The lowest BCUT2D eigenvalue weighted by molar-refractivity contribution is 0.581. The van der Waals surface area contributed by atoms with Crippen molar-refractivity contribution in [1.82, 2.24) is 4.98 Å². The van der Waals surface area contributed by atoms with Crippen LogP contribution in [0.1, 0.15) is 0 Å². The summed E-state index contributed by atoms with van der Waals surface area (Å²) in [6.07, 6.45) is 2.30. The highest BCUT2D eigenvalue weighted by Gasteiger charge is 2.11. The lowest BCUT2D eigenvalue weighted by atomic mass is 10.4. The highest BCUT2D eigenvalue weighted by atomic mass is 79.9. The normalized spacial score (nSPS) is 11.4. The van der Waals surface area contributed by atoms with Gasteiger partial charge in [0.05, 0.1) is 6.29 Å². The van der Waals surface area contributed by atoms with Gasteiger partial charge in [-0.15, -0.1) is 0 Å². The standard InChI is InChI=1S/C9H14BrN2OP/c1-12(7-14(2,3)13)9-5-4-8(10)6-11-9/h4-6H,7H2,1-3H3. The number of anilines is 1. The Morgan fingerprint density at radius 1 is 1.50 bits per heavy atom. The smallest absolute Gasteiger partial charge is 0.128 e. The number of hydrogen-bond acceptors (Lipinski definition) is 3. The van der Waals surface area contributed by atoms with Gasteiger partial charge in [0.15, 0.2) is 0 Å². The molecule has 78 valence electrons. The Morgan fingerprint density at radius 3 is 2.57 bits per heavy atom. The monoisotopic (exact) mass is 276 g/mol. The molecule has 0 aromatic carbocycles. The largest absolute Gasteiger partial charge is 0.352 e. The summed E-state index contributed by atoms with van der Waals surface area (Å²) in [5, 5.41) is 0. The first kappa shape index (κ1) is 11.7. The lowest BCUT2D eigenvalue weighted by Gasteiger charge is -2.20. The van der Waals surface area contributed by atoms with Crippen molar-refractivity contribution in [2.45, 2.75) is 0 Å². The summed E-state index contributed by atoms with van der Waals surface area (Å²) in [4.78, 5) is 6.13. The van der Waals surface area contributed by atoms with E-state index >= 15 is 0 Å². The molecule has 0 bridgehead atoms. The molecule has 0 saturated heterocycles. The molecule has 14 heavy (non-hydrogen) atoms. The van der Waals surface area contributed by atoms with Crippen molar-refractivity contribution in [2.75, 3.05) is 31.6 Å². The van der Waals surface area contributed by atoms with Crippen molar-refractivity contribution in [1.29, 1.82) is 0 Å². The average molecular weight is 277 g/mol. The van der Waals surface area contributed by atoms with Gasteiger partial charge in [-0.25, -0.2) is 4.98 Å². The second kappa shape index (κ2) is 4.45. The van der Waals surface area contributed by atoms with Gasteiger partial charge in [0.25, 0.3) is 0 Å². The molecule has 1 aromatic rings. The Kier molecular flexibility index (Phi) is 3.73. The van der Waals surface area contributed by atoms with Crippen molar-refractivity contribution >= 4 is 28.9 Å². The molecule has 1 aromatic heterocycles. The molecule has 0 aliphatic heterocycles. The molecule has 0 N–H and O–H groups in total. The van der Waals surface area contributed by atoms with Gasteiger partial charge in [0, 0.05) is 17.7 Å². The molecule has 0 spiro atoms. The van der Waals surface area contributed by atoms with Crippen molar-refractivity contribution in [3.05, 3.63) is 22.8 Å². The molecule has 5 heteroatoms. The van der Waals surface area contributed by atoms with E-state index in [1.165, 1.54) is 0 Å². The minimum absolute atomic E-state index is 0.557. The molecule has 1 heterocycles. The first-order chi connectivity index (χ1) is 6.38. The van der Waals surface area contributed by atoms with Gasteiger partial charge in [0.2, 0.25) is 0 Å². The number of halogens is 1. The van der Waals surface area contributed by atoms with Gasteiger partial charge in [-0.3, -0.25) is 0 Å². The third-order valence-electron chi connectivity index (χ3n) is 1.66. The molecule has 0 radical (unpaired) electrons. The first-order valence-corrected chi connectivity index (χ1v) is 7.83. The van der Waals surface area contributed by atoms with E-state index in [1.54, 1.807) is 19.5 Å². The van der Waals surface area contributed by atoms with E-state index in [-0.39, 0.29) is 0 Å². The Morgan fingerprint density at radius 2 is 2.14 bits per heavy atom. The topological polar surface area (TPSA) is 33.2 Å². The quantitative estimate of drug-likeness (QED) is 0.796. The van der Waals surface area contributed by atoms with Gasteiger partial charge in [-0.05, 0) is 41.4 Å². The molecule has 0 aliphatic carbocycles. The van der Waals surface area contributed by atoms with Crippen LogP contribution >= 0.6 is 23.1 Å². The molecule has 0 saturated carbocycles. The highest BCUT2D eigenvalue weighted by molar-refractivity contribution is 9.10. The van der Waals surface area contributed by atoms with Crippen LogP contribution in [0, 0.1) is 0 Å². The molecule has 0 amide bonds. The van der Waals surface area contributed by atoms with E-state index in [0.717, 1.165) is 10.3 Å². The van der Waals surface area contributed by atoms with Gasteiger partial charge in [-0.2, -0.15) is 0 Å². The lowest BCUT2D eigenvalue weighted by Crippen LogP contribution is -2.19. The summed E-state index contributed by atoms with van der Waals surface area (Å²) in [5.41, 5.74) is 0. The minimum atomic E-state index is -2.02. The van der Waals surface area contributed by atoms with Crippen LogP contribution in [0.2, 0.25) is 0 Å². The second-order valence-corrected chi connectivity index (χ2v) is 8.09. The molecule has 0 fully saturated rings. The zero-order chi connectivity index (χ0) is 10.8. The van der Waals surface area contributed by atoms with Crippen molar-refractivity contribution < 1.29 is 4.57 Å². The minimum Gasteiger partial charge on any atom is -0.352 e. The second-order valence-electron chi connectivity index (χ2n) is 3.75. The zero-order valence-corrected chi connectivity index (χ0v) is 11.0. The summed E-state index contributed by atoms with van der Waals surface area (Å²) in [6, 6.07) is 3.83. The fraction of sp³-hybridized carbons (Fsp3) is 0.444. The Labute approximate surface area is 93.0 Å². The first-order valence-electron chi connectivity index (χ1n) is 4.25. The number of pyridine rings is 1. The van der Waals surface area contributed by atoms with Crippen LogP contribution in [0.4, 0.5) is 5.82 Å². The fourth-order valence-electron chi connectivity index (χ4n) is 1.18. The van der Waals surface area contributed by atoms with Gasteiger partial charge in [0.1, 0.15) is 13.0 Å². The number of nitrogens with zero attached hydrogens (tertiary/aromatic N) is 2. The molecule has 0 atom stereocenters. The number of aromatic nitrogens is 1. The summed E-state index contributed by atoms with van der Waals surface area (Å²) in [5.74, 6) is 0.845.